The minimum absolute atomic E-state index is 0.215. The van der Waals surface area contributed by atoms with Crippen molar-refractivity contribution in [2.24, 2.45) is 0 Å². The van der Waals surface area contributed by atoms with Crippen LogP contribution in [0.25, 0.3) is 11.4 Å². The SMILES string of the molecule is Cc1ccc(C(C)C)c(OCc2nnc(SCc3nc(-c4cccc(Cl)c4)no3)n2N)c1. The molecule has 0 fully saturated rings. The summed E-state index contributed by atoms with van der Waals surface area (Å²) in [6.45, 7) is 6.51. The van der Waals surface area contributed by atoms with Crippen molar-refractivity contribution < 1.29 is 9.26 Å². The molecule has 4 rings (SSSR count). The van der Waals surface area contributed by atoms with Crippen LogP contribution in [0.1, 0.15) is 42.6 Å². The first-order chi connectivity index (χ1) is 15.4. The molecule has 2 aromatic carbocycles. The first kappa shape index (κ1) is 22.2. The molecule has 0 unspecified atom stereocenters. The number of aryl methyl sites for hydroxylation is 1. The van der Waals surface area contributed by atoms with Gasteiger partial charge in [0, 0.05) is 10.6 Å². The normalized spacial score (nSPS) is 11.3. The van der Waals surface area contributed by atoms with Gasteiger partial charge in [-0.05, 0) is 42.2 Å². The molecule has 2 heterocycles. The molecule has 0 saturated carbocycles. The molecule has 0 radical (unpaired) electrons. The number of nitrogen functional groups attached to an aromatic ring is 1. The third-order valence-corrected chi connectivity index (χ3v) is 5.92. The van der Waals surface area contributed by atoms with E-state index in [0.29, 0.717) is 39.4 Å². The van der Waals surface area contributed by atoms with Crippen molar-refractivity contribution >= 4 is 23.4 Å². The highest BCUT2D eigenvalue weighted by Gasteiger charge is 2.15. The topological polar surface area (TPSA) is 105 Å². The van der Waals surface area contributed by atoms with Gasteiger partial charge in [-0.3, -0.25) is 0 Å². The summed E-state index contributed by atoms with van der Waals surface area (Å²) in [4.78, 5) is 4.40. The van der Waals surface area contributed by atoms with E-state index >= 15 is 0 Å². The van der Waals surface area contributed by atoms with Crippen LogP contribution in [0.2, 0.25) is 5.02 Å². The molecular formula is C22H23ClN6O2S. The second-order valence-corrected chi connectivity index (χ2v) is 8.94. The predicted molar refractivity (Wildman–Crippen MR) is 124 cm³/mol. The van der Waals surface area contributed by atoms with Crippen LogP contribution < -0.4 is 10.6 Å². The lowest BCUT2D eigenvalue weighted by Gasteiger charge is -2.14. The van der Waals surface area contributed by atoms with Crippen molar-refractivity contribution in [2.45, 2.75) is 44.2 Å². The van der Waals surface area contributed by atoms with Crippen molar-refractivity contribution in [1.29, 1.82) is 0 Å². The van der Waals surface area contributed by atoms with Crippen LogP contribution in [-0.2, 0) is 12.4 Å². The van der Waals surface area contributed by atoms with Gasteiger partial charge in [0.15, 0.2) is 5.82 Å². The second kappa shape index (κ2) is 9.62. The largest absolute Gasteiger partial charge is 0.485 e. The number of benzene rings is 2. The van der Waals surface area contributed by atoms with Gasteiger partial charge in [-0.25, -0.2) is 4.68 Å². The number of nitrogens with two attached hydrogens (primary N) is 1. The molecule has 2 aromatic heterocycles. The maximum absolute atomic E-state index is 6.18. The molecule has 0 aliphatic rings. The first-order valence-corrected chi connectivity index (χ1v) is 11.4. The van der Waals surface area contributed by atoms with E-state index in [1.807, 2.05) is 25.1 Å². The fraction of sp³-hybridized carbons (Fsp3) is 0.273. The lowest BCUT2D eigenvalue weighted by atomic mass is 10.0. The molecule has 0 aliphatic carbocycles. The summed E-state index contributed by atoms with van der Waals surface area (Å²) in [5.74, 6) is 9.21. The van der Waals surface area contributed by atoms with Crippen molar-refractivity contribution in [3.63, 3.8) is 0 Å². The van der Waals surface area contributed by atoms with Crippen LogP contribution in [0.5, 0.6) is 5.75 Å². The van der Waals surface area contributed by atoms with Gasteiger partial charge < -0.3 is 15.1 Å². The van der Waals surface area contributed by atoms with Gasteiger partial charge in [0.05, 0.1) is 5.75 Å². The van der Waals surface area contributed by atoms with E-state index in [2.05, 4.69) is 46.3 Å². The number of halogens is 1. The van der Waals surface area contributed by atoms with Gasteiger partial charge in [-0.15, -0.1) is 10.2 Å². The van der Waals surface area contributed by atoms with Crippen LogP contribution in [0.15, 0.2) is 52.1 Å². The molecule has 32 heavy (non-hydrogen) atoms. The Hall–Kier alpha value is -3.04. The molecule has 0 saturated heterocycles. The van der Waals surface area contributed by atoms with Gasteiger partial charge >= 0.3 is 0 Å². The van der Waals surface area contributed by atoms with E-state index in [1.165, 1.54) is 16.4 Å². The molecule has 166 valence electrons. The molecule has 0 aliphatic heterocycles. The number of aromatic nitrogens is 5. The quantitative estimate of drug-likeness (QED) is 0.283. The number of nitrogens with zero attached hydrogens (tertiary/aromatic N) is 5. The van der Waals surface area contributed by atoms with E-state index in [4.69, 9.17) is 26.7 Å². The third-order valence-electron chi connectivity index (χ3n) is 4.76. The van der Waals surface area contributed by atoms with E-state index < -0.39 is 0 Å². The Morgan fingerprint density at radius 1 is 1.19 bits per heavy atom. The molecule has 10 heteroatoms. The smallest absolute Gasteiger partial charge is 0.237 e. The average molecular weight is 471 g/mol. The van der Waals surface area contributed by atoms with E-state index in [-0.39, 0.29) is 6.61 Å². The Bertz CT molecular complexity index is 1220. The zero-order valence-electron chi connectivity index (χ0n) is 17.9. The zero-order chi connectivity index (χ0) is 22.7. The Labute approximate surface area is 195 Å². The number of rotatable bonds is 8. The van der Waals surface area contributed by atoms with Crippen LogP contribution in [0.3, 0.4) is 0 Å². The number of ether oxygens (including phenoxy) is 1. The van der Waals surface area contributed by atoms with Gasteiger partial charge in [-0.2, -0.15) is 4.98 Å². The highest BCUT2D eigenvalue weighted by molar-refractivity contribution is 7.98. The van der Waals surface area contributed by atoms with Gasteiger partial charge in [0.1, 0.15) is 12.4 Å². The van der Waals surface area contributed by atoms with E-state index in [9.17, 15) is 0 Å². The van der Waals surface area contributed by atoms with Crippen LogP contribution in [0, 0.1) is 6.92 Å². The Kier molecular flexibility index (Phi) is 6.66. The van der Waals surface area contributed by atoms with Crippen molar-refractivity contribution in [3.05, 3.63) is 70.3 Å². The maximum Gasteiger partial charge on any atom is 0.237 e. The monoisotopic (exact) mass is 470 g/mol. The minimum atomic E-state index is 0.215. The van der Waals surface area contributed by atoms with Gasteiger partial charge in [0.2, 0.25) is 16.9 Å². The van der Waals surface area contributed by atoms with Crippen LogP contribution in [-0.4, -0.2) is 25.0 Å². The number of hydrogen-bond donors (Lipinski definition) is 1. The zero-order valence-corrected chi connectivity index (χ0v) is 19.5. The van der Waals surface area contributed by atoms with Gasteiger partial charge in [0.25, 0.3) is 0 Å². The highest BCUT2D eigenvalue weighted by atomic mass is 35.5. The second-order valence-electron chi connectivity index (χ2n) is 7.56. The molecule has 2 N–H and O–H groups in total. The maximum atomic E-state index is 6.18. The number of hydrogen-bond acceptors (Lipinski definition) is 8. The third kappa shape index (κ3) is 5.05. The summed E-state index contributed by atoms with van der Waals surface area (Å²) in [6, 6.07) is 13.5. The minimum Gasteiger partial charge on any atom is -0.485 e. The predicted octanol–water partition coefficient (Wildman–Crippen LogP) is 5.00. The molecule has 0 bridgehead atoms. The summed E-state index contributed by atoms with van der Waals surface area (Å²) < 4.78 is 12.8. The standard InChI is InChI=1S/C22H23ClN6O2S/c1-13(2)17-8-7-14(3)9-18(17)30-11-19-26-27-22(29(19)24)32-12-20-25-21(28-31-20)15-5-4-6-16(23)10-15/h4-10,13H,11-12,24H2,1-3H3. The molecule has 4 aromatic rings. The summed E-state index contributed by atoms with van der Waals surface area (Å²) in [5, 5.41) is 13.5. The summed E-state index contributed by atoms with van der Waals surface area (Å²) in [5.41, 5.74) is 3.06. The highest BCUT2D eigenvalue weighted by Crippen LogP contribution is 2.28. The molecule has 0 amide bonds. The number of thioether (sulfide) groups is 1. The summed E-state index contributed by atoms with van der Waals surface area (Å²) >= 11 is 7.38. The fourth-order valence-electron chi connectivity index (χ4n) is 3.07. The molecular weight excluding hydrogens is 448 g/mol. The fourth-order valence-corrected chi connectivity index (χ4v) is 3.98. The lowest BCUT2D eigenvalue weighted by molar-refractivity contribution is 0.287. The Balaban J connectivity index is 1.39. The summed E-state index contributed by atoms with van der Waals surface area (Å²) in [7, 11) is 0. The Morgan fingerprint density at radius 3 is 2.81 bits per heavy atom. The lowest BCUT2D eigenvalue weighted by Crippen LogP contribution is -2.16. The summed E-state index contributed by atoms with van der Waals surface area (Å²) in [6.07, 6.45) is 0. The average Bonchev–Trinajstić information content (AvgIpc) is 3.37. The van der Waals surface area contributed by atoms with E-state index in [0.717, 1.165) is 22.4 Å². The van der Waals surface area contributed by atoms with Crippen LogP contribution in [0.4, 0.5) is 0 Å². The van der Waals surface area contributed by atoms with Gasteiger partial charge in [-0.1, -0.05) is 66.6 Å². The molecule has 0 atom stereocenters. The first-order valence-electron chi connectivity index (χ1n) is 10.0. The van der Waals surface area contributed by atoms with Crippen molar-refractivity contribution in [2.75, 3.05) is 5.84 Å². The molecule has 0 spiro atoms. The molecule has 8 nitrogen and oxygen atoms in total. The van der Waals surface area contributed by atoms with Crippen molar-refractivity contribution in [3.8, 4) is 17.1 Å². The van der Waals surface area contributed by atoms with E-state index in [1.54, 1.807) is 12.1 Å². The Morgan fingerprint density at radius 2 is 2.03 bits per heavy atom. The van der Waals surface area contributed by atoms with Crippen molar-refractivity contribution in [1.82, 2.24) is 25.0 Å². The van der Waals surface area contributed by atoms with Crippen LogP contribution >= 0.6 is 23.4 Å².